The molecule has 3 heterocycles. The molecule has 0 atom stereocenters. The molecule has 6 heteroatoms. The van der Waals surface area contributed by atoms with E-state index in [9.17, 15) is 0 Å². The van der Waals surface area contributed by atoms with Crippen LogP contribution in [0, 0.1) is 13.8 Å². The molecule has 0 bridgehead atoms. The van der Waals surface area contributed by atoms with E-state index in [0.29, 0.717) is 5.95 Å². The van der Waals surface area contributed by atoms with Gasteiger partial charge in [0.1, 0.15) is 5.52 Å². The molecular formula is C14H18N6. The van der Waals surface area contributed by atoms with Crippen molar-refractivity contribution < 1.29 is 0 Å². The van der Waals surface area contributed by atoms with Crippen LogP contribution in [0.5, 0.6) is 0 Å². The van der Waals surface area contributed by atoms with Crippen molar-refractivity contribution in [3.05, 3.63) is 35.8 Å². The number of nitrogens with two attached hydrogens (primary N) is 1. The van der Waals surface area contributed by atoms with Gasteiger partial charge in [0, 0.05) is 25.0 Å². The summed E-state index contributed by atoms with van der Waals surface area (Å²) < 4.78 is 3.99. The van der Waals surface area contributed by atoms with Crippen molar-refractivity contribution in [2.45, 2.75) is 33.4 Å². The van der Waals surface area contributed by atoms with E-state index in [1.54, 1.807) is 6.20 Å². The van der Waals surface area contributed by atoms with Gasteiger partial charge in [-0.05, 0) is 38.5 Å². The Morgan fingerprint density at radius 1 is 1.25 bits per heavy atom. The summed E-state index contributed by atoms with van der Waals surface area (Å²) >= 11 is 0. The Balaban J connectivity index is 1.74. The van der Waals surface area contributed by atoms with Gasteiger partial charge in [-0.2, -0.15) is 5.10 Å². The van der Waals surface area contributed by atoms with Crippen LogP contribution in [0.25, 0.3) is 11.2 Å². The smallest absolute Gasteiger partial charge is 0.202 e. The fourth-order valence-corrected chi connectivity index (χ4v) is 2.48. The second kappa shape index (κ2) is 4.96. The average molecular weight is 270 g/mol. The maximum absolute atomic E-state index is 5.96. The summed E-state index contributed by atoms with van der Waals surface area (Å²) in [6.07, 6.45) is 2.70. The second-order valence-electron chi connectivity index (χ2n) is 4.97. The molecule has 3 aromatic rings. The van der Waals surface area contributed by atoms with Gasteiger partial charge in [0.25, 0.3) is 0 Å². The standard InChI is InChI=1S/C14H18N6/c1-10-9-11(2)20(18-10)8-4-7-19-13-12(17-14(19)15)5-3-6-16-13/h3,5-6,9H,4,7-8H2,1-2H3,(H2,15,17). The van der Waals surface area contributed by atoms with E-state index in [1.165, 1.54) is 5.69 Å². The predicted molar refractivity (Wildman–Crippen MR) is 78.3 cm³/mol. The molecule has 20 heavy (non-hydrogen) atoms. The van der Waals surface area contributed by atoms with Gasteiger partial charge in [-0.1, -0.05) is 0 Å². The number of fused-ring (bicyclic) bond motifs is 1. The SMILES string of the molecule is Cc1cc(C)n(CCCn2c(N)nc3cccnc32)n1. The van der Waals surface area contributed by atoms with Gasteiger partial charge in [0.05, 0.1) is 5.69 Å². The maximum atomic E-state index is 5.96. The lowest BCUT2D eigenvalue weighted by Crippen LogP contribution is -2.09. The zero-order valence-electron chi connectivity index (χ0n) is 11.7. The molecule has 0 radical (unpaired) electrons. The van der Waals surface area contributed by atoms with Gasteiger partial charge in [-0.25, -0.2) is 9.97 Å². The molecule has 0 unspecified atom stereocenters. The molecular weight excluding hydrogens is 252 g/mol. The van der Waals surface area contributed by atoms with Crippen molar-refractivity contribution in [2.75, 3.05) is 5.73 Å². The molecule has 0 aliphatic rings. The van der Waals surface area contributed by atoms with Crippen molar-refractivity contribution in [1.29, 1.82) is 0 Å². The van der Waals surface area contributed by atoms with Gasteiger partial charge in [0.15, 0.2) is 5.65 Å². The quantitative estimate of drug-likeness (QED) is 0.786. The first kappa shape index (κ1) is 12.7. The highest BCUT2D eigenvalue weighted by Gasteiger charge is 2.08. The monoisotopic (exact) mass is 270 g/mol. The summed E-state index contributed by atoms with van der Waals surface area (Å²) in [6.45, 7) is 5.74. The largest absolute Gasteiger partial charge is 0.369 e. The van der Waals surface area contributed by atoms with Gasteiger partial charge < -0.3 is 5.73 Å². The van der Waals surface area contributed by atoms with Crippen molar-refractivity contribution in [3.63, 3.8) is 0 Å². The van der Waals surface area contributed by atoms with Gasteiger partial charge >= 0.3 is 0 Å². The molecule has 0 saturated heterocycles. The first-order valence-corrected chi connectivity index (χ1v) is 6.73. The van der Waals surface area contributed by atoms with Gasteiger partial charge in [-0.15, -0.1) is 0 Å². The topological polar surface area (TPSA) is 74.5 Å². The molecule has 3 aromatic heterocycles. The Kier molecular flexibility index (Phi) is 3.14. The molecule has 2 N–H and O–H groups in total. The molecule has 6 nitrogen and oxygen atoms in total. The minimum absolute atomic E-state index is 0.520. The highest BCUT2D eigenvalue weighted by molar-refractivity contribution is 5.73. The molecule has 104 valence electrons. The van der Waals surface area contributed by atoms with Gasteiger partial charge in [0.2, 0.25) is 5.95 Å². The normalized spacial score (nSPS) is 11.3. The van der Waals surface area contributed by atoms with E-state index < -0.39 is 0 Å². The number of hydrogen-bond donors (Lipinski definition) is 1. The van der Waals surface area contributed by atoms with Crippen LogP contribution in [0.1, 0.15) is 17.8 Å². The number of aromatic nitrogens is 5. The number of aryl methyl sites for hydroxylation is 4. The lowest BCUT2D eigenvalue weighted by atomic mass is 10.3. The van der Waals surface area contributed by atoms with Crippen LogP contribution in [0.15, 0.2) is 24.4 Å². The molecule has 0 aromatic carbocycles. The summed E-state index contributed by atoms with van der Waals surface area (Å²) in [6, 6.07) is 5.88. The summed E-state index contributed by atoms with van der Waals surface area (Å²) in [7, 11) is 0. The summed E-state index contributed by atoms with van der Waals surface area (Å²) in [5.41, 5.74) is 9.88. The molecule has 0 amide bonds. The predicted octanol–water partition coefficient (Wildman–Crippen LogP) is 1.92. The number of pyridine rings is 1. The van der Waals surface area contributed by atoms with E-state index >= 15 is 0 Å². The zero-order valence-corrected chi connectivity index (χ0v) is 11.7. The van der Waals surface area contributed by atoms with Crippen LogP contribution in [0.2, 0.25) is 0 Å². The minimum atomic E-state index is 0.520. The summed E-state index contributed by atoms with van der Waals surface area (Å²) in [5.74, 6) is 0.520. The molecule has 0 spiro atoms. The summed E-state index contributed by atoms with van der Waals surface area (Å²) in [4.78, 5) is 8.66. The third-order valence-corrected chi connectivity index (χ3v) is 3.39. The third kappa shape index (κ3) is 2.24. The highest BCUT2D eigenvalue weighted by atomic mass is 15.3. The van der Waals surface area contributed by atoms with E-state index in [2.05, 4.69) is 28.1 Å². The van der Waals surface area contributed by atoms with Crippen molar-refractivity contribution in [3.8, 4) is 0 Å². The lowest BCUT2D eigenvalue weighted by molar-refractivity contribution is 0.522. The number of hydrogen-bond acceptors (Lipinski definition) is 4. The number of nitrogens with zero attached hydrogens (tertiary/aromatic N) is 5. The zero-order chi connectivity index (χ0) is 14.1. The number of imidazole rings is 1. The highest BCUT2D eigenvalue weighted by Crippen LogP contribution is 2.15. The van der Waals surface area contributed by atoms with Crippen LogP contribution in [0.4, 0.5) is 5.95 Å². The average Bonchev–Trinajstić information content (AvgIpc) is 2.90. The molecule has 0 fully saturated rings. The van der Waals surface area contributed by atoms with Crippen LogP contribution >= 0.6 is 0 Å². The Bertz CT molecular complexity index is 739. The number of nitrogen functional groups attached to an aromatic ring is 1. The number of anilines is 1. The Morgan fingerprint density at radius 3 is 2.85 bits per heavy atom. The summed E-state index contributed by atoms with van der Waals surface area (Å²) in [5, 5.41) is 4.46. The Hall–Kier alpha value is -2.37. The Morgan fingerprint density at radius 2 is 2.10 bits per heavy atom. The maximum Gasteiger partial charge on any atom is 0.202 e. The second-order valence-corrected chi connectivity index (χ2v) is 4.97. The van der Waals surface area contributed by atoms with Crippen LogP contribution in [-0.2, 0) is 13.1 Å². The number of rotatable bonds is 4. The Labute approximate surface area is 117 Å². The van der Waals surface area contributed by atoms with E-state index in [4.69, 9.17) is 5.73 Å². The van der Waals surface area contributed by atoms with Crippen LogP contribution in [0.3, 0.4) is 0 Å². The molecule has 3 rings (SSSR count). The molecule has 0 saturated carbocycles. The lowest BCUT2D eigenvalue weighted by Gasteiger charge is -2.07. The van der Waals surface area contributed by atoms with Crippen LogP contribution in [-0.4, -0.2) is 24.3 Å². The first-order chi connectivity index (χ1) is 9.65. The van der Waals surface area contributed by atoms with Crippen molar-refractivity contribution in [1.82, 2.24) is 24.3 Å². The molecule has 0 aliphatic heterocycles. The third-order valence-electron chi connectivity index (χ3n) is 3.39. The fourth-order valence-electron chi connectivity index (χ4n) is 2.48. The first-order valence-electron chi connectivity index (χ1n) is 6.73. The van der Waals surface area contributed by atoms with E-state index in [0.717, 1.165) is 36.4 Å². The van der Waals surface area contributed by atoms with Crippen LogP contribution < -0.4 is 5.73 Å². The fraction of sp³-hybridized carbons (Fsp3) is 0.357. The van der Waals surface area contributed by atoms with E-state index in [-0.39, 0.29) is 0 Å². The minimum Gasteiger partial charge on any atom is -0.369 e. The van der Waals surface area contributed by atoms with E-state index in [1.807, 2.05) is 28.3 Å². The van der Waals surface area contributed by atoms with Gasteiger partial charge in [-0.3, -0.25) is 9.25 Å². The van der Waals surface area contributed by atoms with Crippen molar-refractivity contribution >= 4 is 17.1 Å². The molecule has 0 aliphatic carbocycles. The van der Waals surface area contributed by atoms with Crippen molar-refractivity contribution in [2.24, 2.45) is 0 Å².